The number of amides is 2. The number of aromatic nitrogens is 2. The van der Waals surface area contributed by atoms with Crippen molar-refractivity contribution in [1.29, 1.82) is 0 Å². The second-order valence-electron chi connectivity index (χ2n) is 8.43. The van der Waals surface area contributed by atoms with E-state index < -0.39 is 0 Å². The molecule has 0 spiro atoms. The quantitative estimate of drug-likeness (QED) is 0.815. The number of hydrogen-bond donors (Lipinski definition) is 1. The Morgan fingerprint density at radius 1 is 1.00 bits per heavy atom. The number of hydrogen-bond acceptors (Lipinski definition) is 5. The molecule has 7 nitrogen and oxygen atoms in total. The third-order valence-corrected chi connectivity index (χ3v) is 6.68. The van der Waals surface area contributed by atoms with Crippen molar-refractivity contribution in [2.24, 2.45) is 11.8 Å². The number of carbonyl (C=O) groups excluding carboxylic acids is 1. The highest BCUT2D eigenvalue weighted by Crippen LogP contribution is 2.33. The number of urea groups is 1. The number of nitrogens with zero attached hydrogens (tertiary/aromatic N) is 4. The molecule has 158 valence electrons. The molecule has 3 aliphatic rings. The van der Waals surface area contributed by atoms with Gasteiger partial charge in [0.1, 0.15) is 5.82 Å². The molecule has 3 fully saturated rings. The van der Waals surface area contributed by atoms with Gasteiger partial charge in [-0.1, -0.05) is 23.7 Å². The molecule has 3 aliphatic heterocycles. The van der Waals surface area contributed by atoms with Crippen LogP contribution in [-0.4, -0.2) is 66.3 Å². The fourth-order valence-corrected chi connectivity index (χ4v) is 4.83. The summed E-state index contributed by atoms with van der Waals surface area (Å²) in [6.07, 6.45) is 5.48. The number of rotatable bonds is 3. The molecule has 2 unspecified atom stereocenters. The van der Waals surface area contributed by atoms with E-state index >= 15 is 0 Å². The lowest BCUT2D eigenvalue weighted by Crippen LogP contribution is -2.46. The molecule has 8 heteroatoms. The minimum atomic E-state index is 0.0787. The summed E-state index contributed by atoms with van der Waals surface area (Å²) in [6.45, 7) is 4.94. The van der Waals surface area contributed by atoms with Gasteiger partial charge in [-0.3, -0.25) is 4.98 Å². The van der Waals surface area contributed by atoms with E-state index in [1.165, 1.54) is 0 Å². The summed E-state index contributed by atoms with van der Waals surface area (Å²) in [5.41, 5.74) is 1.84. The second kappa shape index (κ2) is 8.40. The number of carbonyl (C=O) groups is 1. The molecule has 2 atom stereocenters. The number of ether oxygens (including phenoxy) is 1. The zero-order valence-electron chi connectivity index (χ0n) is 16.8. The first kappa shape index (κ1) is 19.6. The summed E-state index contributed by atoms with van der Waals surface area (Å²) in [5, 5.41) is 3.89. The van der Waals surface area contributed by atoms with E-state index in [-0.39, 0.29) is 12.1 Å². The smallest absolute Gasteiger partial charge is 0.317 e. The van der Waals surface area contributed by atoms with E-state index in [1.54, 1.807) is 0 Å². The predicted octanol–water partition coefficient (Wildman–Crippen LogP) is 3.05. The monoisotopic (exact) mass is 427 g/mol. The Labute approximate surface area is 181 Å². The van der Waals surface area contributed by atoms with E-state index in [4.69, 9.17) is 16.3 Å². The molecule has 4 heterocycles. The molecular weight excluding hydrogens is 402 g/mol. The van der Waals surface area contributed by atoms with Crippen LogP contribution < -0.4 is 10.2 Å². The van der Waals surface area contributed by atoms with Gasteiger partial charge >= 0.3 is 6.03 Å². The SMILES string of the molecule is O=C(NC1CCOCC1)N1CC2CN(c3cnc(-c4ccc(Cl)cc4)cn3)CC2C1. The largest absolute Gasteiger partial charge is 0.381 e. The maximum absolute atomic E-state index is 12.6. The molecule has 3 saturated heterocycles. The average molecular weight is 428 g/mol. The first-order valence-electron chi connectivity index (χ1n) is 10.6. The van der Waals surface area contributed by atoms with Gasteiger partial charge in [-0.25, -0.2) is 9.78 Å². The van der Waals surface area contributed by atoms with Gasteiger partial charge in [0, 0.05) is 67.9 Å². The lowest BCUT2D eigenvalue weighted by molar-refractivity contribution is 0.0784. The van der Waals surface area contributed by atoms with Crippen LogP contribution >= 0.6 is 11.6 Å². The molecule has 1 aromatic carbocycles. The maximum Gasteiger partial charge on any atom is 0.317 e. The van der Waals surface area contributed by atoms with Crippen molar-refractivity contribution < 1.29 is 9.53 Å². The van der Waals surface area contributed by atoms with E-state index in [9.17, 15) is 4.79 Å². The van der Waals surface area contributed by atoms with Gasteiger partial charge in [-0.15, -0.1) is 0 Å². The van der Waals surface area contributed by atoms with Crippen LogP contribution in [0.3, 0.4) is 0 Å². The van der Waals surface area contributed by atoms with Crippen molar-refractivity contribution in [3.63, 3.8) is 0 Å². The lowest BCUT2D eigenvalue weighted by atomic mass is 10.0. The van der Waals surface area contributed by atoms with Gasteiger partial charge in [0.25, 0.3) is 0 Å². The molecular formula is C22H26ClN5O2. The Balaban J connectivity index is 1.16. The number of nitrogens with one attached hydrogen (secondary N) is 1. The highest BCUT2D eigenvalue weighted by molar-refractivity contribution is 6.30. The Morgan fingerprint density at radius 2 is 1.70 bits per heavy atom. The van der Waals surface area contributed by atoms with Crippen molar-refractivity contribution in [3.05, 3.63) is 41.7 Å². The zero-order valence-corrected chi connectivity index (χ0v) is 17.6. The topological polar surface area (TPSA) is 70.6 Å². The molecule has 1 aromatic heterocycles. The lowest BCUT2D eigenvalue weighted by Gasteiger charge is -2.27. The predicted molar refractivity (Wildman–Crippen MR) is 116 cm³/mol. The van der Waals surface area contributed by atoms with Crippen LogP contribution in [0.2, 0.25) is 5.02 Å². The summed E-state index contributed by atoms with van der Waals surface area (Å²) < 4.78 is 5.37. The van der Waals surface area contributed by atoms with Crippen LogP contribution in [0.4, 0.5) is 10.6 Å². The molecule has 0 radical (unpaired) electrons. The van der Waals surface area contributed by atoms with E-state index in [0.717, 1.165) is 69.3 Å². The van der Waals surface area contributed by atoms with Crippen molar-refractivity contribution in [1.82, 2.24) is 20.2 Å². The first-order valence-corrected chi connectivity index (χ1v) is 11.0. The van der Waals surface area contributed by atoms with E-state index in [0.29, 0.717) is 16.9 Å². The highest BCUT2D eigenvalue weighted by atomic mass is 35.5. The maximum atomic E-state index is 12.6. The number of fused-ring (bicyclic) bond motifs is 1. The summed E-state index contributed by atoms with van der Waals surface area (Å²) in [7, 11) is 0. The molecule has 30 heavy (non-hydrogen) atoms. The van der Waals surface area contributed by atoms with Crippen LogP contribution in [-0.2, 0) is 4.74 Å². The number of benzene rings is 1. The third-order valence-electron chi connectivity index (χ3n) is 6.42. The van der Waals surface area contributed by atoms with Crippen molar-refractivity contribution in [2.45, 2.75) is 18.9 Å². The van der Waals surface area contributed by atoms with Gasteiger partial charge in [0.2, 0.25) is 0 Å². The molecule has 5 rings (SSSR count). The van der Waals surface area contributed by atoms with Crippen molar-refractivity contribution in [2.75, 3.05) is 44.3 Å². The standard InChI is InChI=1S/C22H26ClN5O2/c23-18-3-1-15(2-4-18)20-9-25-21(10-24-20)27-11-16-13-28(14-17(16)12-27)22(29)26-19-5-7-30-8-6-19/h1-4,9-10,16-17,19H,5-8,11-14H2,(H,26,29). The van der Waals surface area contributed by atoms with Crippen LogP contribution in [0.5, 0.6) is 0 Å². The van der Waals surface area contributed by atoms with E-state index in [1.807, 2.05) is 41.6 Å². The van der Waals surface area contributed by atoms with E-state index in [2.05, 4.69) is 20.2 Å². The fraction of sp³-hybridized carbons (Fsp3) is 0.500. The summed E-state index contributed by atoms with van der Waals surface area (Å²) in [6, 6.07) is 7.95. The van der Waals surface area contributed by atoms with Crippen LogP contribution in [0, 0.1) is 11.8 Å². The fourth-order valence-electron chi connectivity index (χ4n) is 4.71. The van der Waals surface area contributed by atoms with Gasteiger partial charge in [-0.2, -0.15) is 0 Å². The average Bonchev–Trinajstić information content (AvgIpc) is 3.35. The second-order valence-corrected chi connectivity index (χ2v) is 8.87. The van der Waals surface area contributed by atoms with Gasteiger partial charge < -0.3 is 19.9 Å². The molecule has 0 aliphatic carbocycles. The molecule has 2 aromatic rings. The minimum absolute atomic E-state index is 0.0787. The van der Waals surface area contributed by atoms with Gasteiger partial charge in [0.15, 0.2) is 0 Å². The third kappa shape index (κ3) is 4.09. The van der Waals surface area contributed by atoms with Crippen LogP contribution in [0.15, 0.2) is 36.7 Å². The summed E-state index contributed by atoms with van der Waals surface area (Å²) in [5.74, 6) is 1.88. The Bertz CT molecular complexity index is 871. The Morgan fingerprint density at radius 3 is 2.33 bits per heavy atom. The van der Waals surface area contributed by atoms with Crippen LogP contribution in [0.25, 0.3) is 11.3 Å². The molecule has 0 saturated carbocycles. The molecule has 0 bridgehead atoms. The van der Waals surface area contributed by atoms with Gasteiger partial charge in [-0.05, 0) is 25.0 Å². The normalized spacial score (nSPS) is 24.2. The molecule has 2 amide bonds. The summed E-state index contributed by atoms with van der Waals surface area (Å²) in [4.78, 5) is 26.1. The Kier molecular flexibility index (Phi) is 5.48. The number of anilines is 1. The van der Waals surface area contributed by atoms with Crippen LogP contribution in [0.1, 0.15) is 12.8 Å². The zero-order chi connectivity index (χ0) is 20.5. The first-order chi connectivity index (χ1) is 14.7. The van der Waals surface area contributed by atoms with Gasteiger partial charge in [0.05, 0.1) is 18.1 Å². The van der Waals surface area contributed by atoms with Crippen molar-refractivity contribution >= 4 is 23.4 Å². The Hall–Kier alpha value is -2.38. The van der Waals surface area contributed by atoms with Crippen molar-refractivity contribution in [3.8, 4) is 11.3 Å². The minimum Gasteiger partial charge on any atom is -0.381 e. The molecule has 1 N–H and O–H groups in total. The highest BCUT2D eigenvalue weighted by Gasteiger charge is 2.42. The number of halogens is 1. The number of likely N-dealkylation sites (tertiary alicyclic amines) is 1. The summed E-state index contributed by atoms with van der Waals surface area (Å²) >= 11 is 5.96.